The third kappa shape index (κ3) is 4.40. The van der Waals surface area contributed by atoms with Crippen LogP contribution in [-0.2, 0) is 9.59 Å². The molecule has 2 aliphatic carbocycles. The highest BCUT2D eigenvalue weighted by Crippen LogP contribution is 2.40. The lowest BCUT2D eigenvalue weighted by atomic mass is 9.66. The second-order valence-electron chi connectivity index (χ2n) is 7.17. The van der Waals surface area contributed by atoms with E-state index in [9.17, 15) is 9.59 Å². The summed E-state index contributed by atoms with van der Waals surface area (Å²) in [6.45, 7) is 8.50. The molecule has 0 aromatic carbocycles. The maximum atomic E-state index is 12.4. The van der Waals surface area contributed by atoms with Crippen LogP contribution >= 0.6 is 0 Å². The van der Waals surface area contributed by atoms with Crippen molar-refractivity contribution >= 4 is 11.6 Å². The number of carbonyl (C=O) groups is 2. The van der Waals surface area contributed by atoms with Gasteiger partial charge in [0.2, 0.25) is 11.6 Å². The van der Waals surface area contributed by atoms with Crippen molar-refractivity contribution in [1.82, 2.24) is 0 Å². The third-order valence-electron chi connectivity index (χ3n) is 5.04. The van der Waals surface area contributed by atoms with E-state index in [1.54, 1.807) is 0 Å². The molecule has 2 nitrogen and oxygen atoms in total. The predicted octanol–water partition coefficient (Wildman–Crippen LogP) is 4.98. The van der Waals surface area contributed by atoms with E-state index in [0.29, 0.717) is 0 Å². The monoisotopic (exact) mass is 312 g/mol. The molecule has 0 bridgehead atoms. The predicted molar refractivity (Wildman–Crippen MR) is 95.0 cm³/mol. The topological polar surface area (TPSA) is 34.1 Å². The number of rotatable bonds is 5. The summed E-state index contributed by atoms with van der Waals surface area (Å²) in [5.41, 5.74) is 3.98. The molecule has 2 heteroatoms. The lowest BCUT2D eigenvalue weighted by Crippen LogP contribution is -2.39. The van der Waals surface area contributed by atoms with Crippen LogP contribution < -0.4 is 0 Å². The first-order chi connectivity index (χ1) is 10.9. The molecule has 0 saturated carbocycles. The summed E-state index contributed by atoms with van der Waals surface area (Å²) in [4.78, 5) is 24.1. The van der Waals surface area contributed by atoms with Crippen molar-refractivity contribution in [2.45, 2.75) is 53.4 Å². The van der Waals surface area contributed by atoms with Crippen LogP contribution in [0, 0.1) is 17.8 Å². The van der Waals surface area contributed by atoms with Crippen LogP contribution in [0.3, 0.4) is 0 Å². The van der Waals surface area contributed by atoms with Gasteiger partial charge in [0.15, 0.2) is 0 Å². The Balaban J connectivity index is 2.07. The van der Waals surface area contributed by atoms with Crippen molar-refractivity contribution in [3.8, 4) is 0 Å². The van der Waals surface area contributed by atoms with E-state index in [-0.39, 0.29) is 29.3 Å². The van der Waals surface area contributed by atoms with Gasteiger partial charge in [0, 0.05) is 5.92 Å². The summed E-state index contributed by atoms with van der Waals surface area (Å²) >= 11 is 0. The van der Waals surface area contributed by atoms with Crippen LogP contribution in [0.1, 0.15) is 53.4 Å². The third-order valence-corrected chi connectivity index (χ3v) is 5.04. The largest absolute Gasteiger partial charge is 0.290 e. The average molecular weight is 312 g/mol. The van der Waals surface area contributed by atoms with Crippen molar-refractivity contribution in [2.75, 3.05) is 0 Å². The highest BCUT2D eigenvalue weighted by Gasteiger charge is 2.41. The Bertz CT molecular complexity index is 597. The van der Waals surface area contributed by atoms with Crippen molar-refractivity contribution in [3.63, 3.8) is 0 Å². The van der Waals surface area contributed by atoms with E-state index in [2.05, 4.69) is 45.9 Å². The fourth-order valence-corrected chi connectivity index (χ4v) is 3.59. The minimum atomic E-state index is -0.324. The average Bonchev–Trinajstić information content (AvgIpc) is 2.49. The molecule has 0 saturated heterocycles. The van der Waals surface area contributed by atoms with E-state index in [4.69, 9.17) is 0 Å². The smallest absolute Gasteiger partial charge is 0.221 e. The molecule has 3 unspecified atom stereocenters. The fraction of sp³-hybridized carbons (Fsp3) is 0.524. The van der Waals surface area contributed by atoms with Crippen molar-refractivity contribution in [1.29, 1.82) is 0 Å². The Morgan fingerprint density at radius 2 is 1.96 bits per heavy atom. The Morgan fingerprint density at radius 1 is 1.22 bits per heavy atom. The second kappa shape index (κ2) is 7.72. The van der Waals surface area contributed by atoms with E-state index < -0.39 is 0 Å². The van der Waals surface area contributed by atoms with Crippen LogP contribution in [0.15, 0.2) is 47.1 Å². The molecule has 0 fully saturated rings. The zero-order chi connectivity index (χ0) is 17.0. The lowest BCUT2D eigenvalue weighted by molar-refractivity contribution is -0.139. The molecular weight excluding hydrogens is 284 g/mol. The van der Waals surface area contributed by atoms with Crippen molar-refractivity contribution in [3.05, 3.63) is 47.1 Å². The number of allylic oxidation sites excluding steroid dienone is 8. The summed E-state index contributed by atoms with van der Waals surface area (Å²) in [6.07, 6.45) is 14.0. The molecule has 3 atom stereocenters. The van der Waals surface area contributed by atoms with Gasteiger partial charge in [-0.25, -0.2) is 0 Å². The van der Waals surface area contributed by atoms with Gasteiger partial charge >= 0.3 is 0 Å². The fourth-order valence-electron chi connectivity index (χ4n) is 3.59. The molecule has 0 amide bonds. The molecule has 0 aromatic rings. The summed E-state index contributed by atoms with van der Waals surface area (Å²) in [7, 11) is 0. The highest BCUT2D eigenvalue weighted by molar-refractivity contribution is 6.43. The molecule has 2 aliphatic rings. The van der Waals surface area contributed by atoms with E-state index >= 15 is 0 Å². The Kier molecular flexibility index (Phi) is 5.92. The minimum Gasteiger partial charge on any atom is -0.290 e. The normalized spacial score (nSPS) is 27.6. The van der Waals surface area contributed by atoms with Crippen molar-refractivity contribution in [2.24, 2.45) is 17.8 Å². The number of fused-ring (bicyclic) bond motifs is 1. The van der Waals surface area contributed by atoms with Gasteiger partial charge < -0.3 is 0 Å². The van der Waals surface area contributed by atoms with Gasteiger partial charge in [-0.1, -0.05) is 41.0 Å². The summed E-state index contributed by atoms with van der Waals surface area (Å²) in [5.74, 6) is -0.290. The summed E-state index contributed by atoms with van der Waals surface area (Å²) in [6, 6.07) is 0. The summed E-state index contributed by atoms with van der Waals surface area (Å²) < 4.78 is 0. The zero-order valence-electron chi connectivity index (χ0n) is 14.8. The SMILES string of the molecule is CC(C)=CCCC(C)=CCC1C(C)=CCC2C=CC(=O)C(=O)C21. The Labute approximate surface area is 140 Å². The molecular formula is C21H28O2. The van der Waals surface area contributed by atoms with Crippen LogP contribution in [-0.4, -0.2) is 11.6 Å². The second-order valence-corrected chi connectivity index (χ2v) is 7.17. The number of ketones is 2. The van der Waals surface area contributed by atoms with E-state index in [0.717, 1.165) is 25.7 Å². The van der Waals surface area contributed by atoms with Gasteiger partial charge in [0.25, 0.3) is 0 Å². The molecule has 0 aliphatic heterocycles. The van der Waals surface area contributed by atoms with Gasteiger partial charge in [-0.3, -0.25) is 9.59 Å². The quantitative estimate of drug-likeness (QED) is 0.530. The molecule has 2 rings (SSSR count). The summed E-state index contributed by atoms with van der Waals surface area (Å²) in [5, 5.41) is 0. The standard InChI is InChI=1S/C21H28O2/c1-14(2)6-5-7-15(3)8-12-18-16(4)9-10-17-11-13-19(22)21(23)20(17)18/h6,8-9,11,13,17-18,20H,5,7,10,12H2,1-4H3. The highest BCUT2D eigenvalue weighted by atomic mass is 16.2. The van der Waals surface area contributed by atoms with Crippen LogP contribution in [0.2, 0.25) is 0 Å². The molecule has 0 spiro atoms. The first kappa shape index (κ1) is 17.7. The first-order valence-corrected chi connectivity index (χ1v) is 8.62. The Hall–Kier alpha value is -1.70. The molecule has 0 N–H and O–H groups in total. The maximum absolute atomic E-state index is 12.4. The van der Waals surface area contributed by atoms with Gasteiger partial charge in [0.05, 0.1) is 0 Å². The van der Waals surface area contributed by atoms with E-state index in [1.807, 2.05) is 6.08 Å². The number of hydrogen-bond donors (Lipinski definition) is 0. The number of hydrogen-bond acceptors (Lipinski definition) is 2. The molecule has 23 heavy (non-hydrogen) atoms. The van der Waals surface area contributed by atoms with Crippen molar-refractivity contribution < 1.29 is 9.59 Å². The molecule has 0 aromatic heterocycles. The minimum absolute atomic E-state index is 0.153. The molecule has 0 radical (unpaired) electrons. The van der Waals surface area contributed by atoms with Crippen LogP contribution in [0.4, 0.5) is 0 Å². The van der Waals surface area contributed by atoms with Gasteiger partial charge in [-0.15, -0.1) is 0 Å². The first-order valence-electron chi connectivity index (χ1n) is 8.62. The number of Topliss-reactive ketones (excluding diaryl/α,β-unsaturated/α-hetero) is 1. The van der Waals surface area contributed by atoms with E-state index in [1.165, 1.54) is 22.8 Å². The number of carbonyl (C=O) groups excluding carboxylic acids is 2. The van der Waals surface area contributed by atoms with Gasteiger partial charge in [0.1, 0.15) is 0 Å². The van der Waals surface area contributed by atoms with Gasteiger partial charge in [-0.05, 0) is 71.3 Å². The van der Waals surface area contributed by atoms with Crippen LogP contribution in [0.5, 0.6) is 0 Å². The lowest BCUT2D eigenvalue weighted by Gasteiger charge is -2.36. The van der Waals surface area contributed by atoms with Crippen LogP contribution in [0.25, 0.3) is 0 Å². The Morgan fingerprint density at radius 3 is 2.65 bits per heavy atom. The molecule has 124 valence electrons. The molecule has 0 heterocycles. The zero-order valence-corrected chi connectivity index (χ0v) is 14.8. The van der Waals surface area contributed by atoms with Gasteiger partial charge in [-0.2, -0.15) is 0 Å². The maximum Gasteiger partial charge on any atom is 0.221 e.